The fourth-order valence-corrected chi connectivity index (χ4v) is 2.75. The topological polar surface area (TPSA) is 42.2 Å². The van der Waals surface area contributed by atoms with E-state index in [-0.39, 0.29) is 6.10 Å². The minimum atomic E-state index is 0.180. The number of thioether (sulfide) groups is 1. The number of nitriles is 1. The molecule has 1 aromatic carbocycles. The second-order valence-corrected chi connectivity index (χ2v) is 5.43. The van der Waals surface area contributed by atoms with Gasteiger partial charge in [-0.2, -0.15) is 5.26 Å². The monoisotopic (exact) mass is 263 g/mol. The maximum absolute atomic E-state index is 9.24. The maximum Gasteiger partial charge on any atom is 0.138 e. The van der Waals surface area contributed by atoms with E-state index in [1.807, 2.05) is 18.2 Å². The minimum absolute atomic E-state index is 0.180. The van der Waals surface area contributed by atoms with E-state index in [0.29, 0.717) is 17.9 Å². The van der Waals surface area contributed by atoms with Crippen molar-refractivity contribution in [1.29, 1.82) is 5.26 Å². The van der Waals surface area contributed by atoms with Gasteiger partial charge in [-0.1, -0.05) is 13.0 Å². The fourth-order valence-electron chi connectivity index (χ4n) is 1.98. The Morgan fingerprint density at radius 3 is 3.11 bits per heavy atom. The molecule has 0 radical (unpaired) electrons. The van der Waals surface area contributed by atoms with Gasteiger partial charge in [0.2, 0.25) is 0 Å². The van der Waals surface area contributed by atoms with E-state index < -0.39 is 0 Å². The third-order valence-electron chi connectivity index (χ3n) is 2.85. The molecule has 4 heteroatoms. The van der Waals surface area contributed by atoms with Crippen LogP contribution < -0.4 is 4.74 Å². The van der Waals surface area contributed by atoms with Gasteiger partial charge in [-0.05, 0) is 30.7 Å². The lowest BCUT2D eigenvalue weighted by molar-refractivity contribution is 0.0678. The largest absolute Gasteiger partial charge is 0.489 e. The Labute approximate surface area is 112 Å². The summed E-state index contributed by atoms with van der Waals surface area (Å²) in [5.74, 6) is 1.62. The van der Waals surface area contributed by atoms with Gasteiger partial charge in [-0.15, -0.1) is 11.8 Å². The van der Waals surface area contributed by atoms with Gasteiger partial charge in [0.15, 0.2) is 0 Å². The van der Waals surface area contributed by atoms with Crippen molar-refractivity contribution >= 4 is 11.8 Å². The Kier molecular flexibility index (Phi) is 4.91. The van der Waals surface area contributed by atoms with Gasteiger partial charge in [0, 0.05) is 11.5 Å². The van der Waals surface area contributed by atoms with E-state index in [0.717, 1.165) is 30.1 Å². The van der Waals surface area contributed by atoms with E-state index in [9.17, 15) is 5.26 Å². The van der Waals surface area contributed by atoms with Crippen LogP contribution in [0.2, 0.25) is 0 Å². The molecule has 2 rings (SSSR count). The van der Waals surface area contributed by atoms with E-state index in [1.165, 1.54) is 0 Å². The van der Waals surface area contributed by atoms with Crippen molar-refractivity contribution in [3.63, 3.8) is 0 Å². The number of hydrogen-bond donors (Lipinski definition) is 0. The zero-order valence-electron chi connectivity index (χ0n) is 10.5. The van der Waals surface area contributed by atoms with E-state index in [1.54, 1.807) is 11.8 Å². The van der Waals surface area contributed by atoms with Gasteiger partial charge in [-0.3, -0.25) is 0 Å². The summed E-state index contributed by atoms with van der Waals surface area (Å²) in [7, 11) is 0. The van der Waals surface area contributed by atoms with Crippen LogP contribution >= 0.6 is 11.8 Å². The van der Waals surface area contributed by atoms with Crippen molar-refractivity contribution < 1.29 is 9.47 Å². The molecule has 0 aliphatic carbocycles. The van der Waals surface area contributed by atoms with Crippen LogP contribution in [0.1, 0.15) is 25.3 Å². The van der Waals surface area contributed by atoms with Crippen molar-refractivity contribution in [3.05, 3.63) is 23.8 Å². The average Bonchev–Trinajstić information content (AvgIpc) is 2.90. The highest BCUT2D eigenvalue weighted by Gasteiger charge is 2.17. The average molecular weight is 263 g/mol. The van der Waals surface area contributed by atoms with Crippen LogP contribution in [0.15, 0.2) is 23.1 Å². The quantitative estimate of drug-likeness (QED) is 0.765. The summed E-state index contributed by atoms with van der Waals surface area (Å²) in [6.45, 7) is 3.44. The van der Waals surface area contributed by atoms with Crippen molar-refractivity contribution in [1.82, 2.24) is 0 Å². The zero-order valence-corrected chi connectivity index (χ0v) is 11.3. The molecule has 1 aromatic rings. The molecule has 1 aliphatic heterocycles. The van der Waals surface area contributed by atoms with Gasteiger partial charge in [-0.25, -0.2) is 0 Å². The summed E-state index contributed by atoms with van der Waals surface area (Å²) < 4.78 is 11.3. The molecular formula is C14H17NO2S. The fraction of sp³-hybridized carbons (Fsp3) is 0.500. The van der Waals surface area contributed by atoms with Crippen LogP contribution in [0.5, 0.6) is 5.75 Å². The lowest BCUT2D eigenvalue weighted by atomic mass is 10.2. The summed E-state index contributed by atoms with van der Waals surface area (Å²) >= 11 is 1.67. The molecule has 96 valence electrons. The third-order valence-corrected chi connectivity index (χ3v) is 3.79. The zero-order chi connectivity index (χ0) is 12.8. The molecule has 1 fully saturated rings. The molecule has 1 unspecified atom stereocenters. The van der Waals surface area contributed by atoms with Gasteiger partial charge in [0.25, 0.3) is 0 Å². The van der Waals surface area contributed by atoms with E-state index >= 15 is 0 Å². The highest BCUT2D eigenvalue weighted by Crippen LogP contribution is 2.29. The first kappa shape index (κ1) is 13.3. The van der Waals surface area contributed by atoms with Crippen LogP contribution in [-0.4, -0.2) is 25.1 Å². The lowest BCUT2D eigenvalue weighted by Crippen LogP contribution is -2.16. The summed E-state index contributed by atoms with van der Waals surface area (Å²) in [4.78, 5) is 0.991. The van der Waals surface area contributed by atoms with Crippen molar-refractivity contribution in [2.45, 2.75) is 30.8 Å². The number of benzene rings is 1. The third kappa shape index (κ3) is 3.18. The van der Waals surface area contributed by atoms with Gasteiger partial charge in [0.1, 0.15) is 24.0 Å². The van der Waals surface area contributed by atoms with Crippen LogP contribution in [0, 0.1) is 11.3 Å². The Bertz CT molecular complexity index is 436. The molecule has 0 bridgehead atoms. The summed E-state index contributed by atoms with van der Waals surface area (Å²) in [5, 5.41) is 9.24. The molecule has 1 atom stereocenters. The molecular weight excluding hydrogens is 246 g/mol. The molecule has 18 heavy (non-hydrogen) atoms. The molecule has 1 heterocycles. The summed E-state index contributed by atoms with van der Waals surface area (Å²) in [5.41, 5.74) is 0.641. The SMILES string of the molecule is CCSc1cccc(OCC2CCCO2)c1C#N. The first-order valence-corrected chi connectivity index (χ1v) is 7.24. The van der Waals surface area contributed by atoms with Crippen LogP contribution in [-0.2, 0) is 4.74 Å². The Morgan fingerprint density at radius 1 is 1.56 bits per heavy atom. The highest BCUT2D eigenvalue weighted by molar-refractivity contribution is 7.99. The Morgan fingerprint density at radius 2 is 2.44 bits per heavy atom. The van der Waals surface area contributed by atoms with Crippen LogP contribution in [0.25, 0.3) is 0 Å². The van der Waals surface area contributed by atoms with Crippen molar-refractivity contribution in [3.8, 4) is 11.8 Å². The maximum atomic E-state index is 9.24. The molecule has 0 amide bonds. The number of rotatable bonds is 5. The van der Waals surface area contributed by atoms with Crippen molar-refractivity contribution in [2.24, 2.45) is 0 Å². The van der Waals surface area contributed by atoms with Crippen LogP contribution in [0.3, 0.4) is 0 Å². The van der Waals surface area contributed by atoms with Gasteiger partial charge in [0.05, 0.1) is 6.10 Å². The first-order chi connectivity index (χ1) is 8.85. The molecule has 1 saturated heterocycles. The van der Waals surface area contributed by atoms with E-state index in [2.05, 4.69) is 13.0 Å². The number of hydrogen-bond acceptors (Lipinski definition) is 4. The molecule has 3 nitrogen and oxygen atoms in total. The lowest BCUT2D eigenvalue weighted by Gasteiger charge is -2.13. The highest BCUT2D eigenvalue weighted by atomic mass is 32.2. The number of nitrogens with zero attached hydrogens (tertiary/aromatic N) is 1. The van der Waals surface area contributed by atoms with Gasteiger partial charge >= 0.3 is 0 Å². The smallest absolute Gasteiger partial charge is 0.138 e. The molecule has 0 N–H and O–H groups in total. The first-order valence-electron chi connectivity index (χ1n) is 6.25. The van der Waals surface area contributed by atoms with Gasteiger partial charge < -0.3 is 9.47 Å². The summed E-state index contributed by atoms with van der Waals surface area (Å²) in [6, 6.07) is 7.99. The molecule has 0 saturated carbocycles. The summed E-state index contributed by atoms with van der Waals surface area (Å²) in [6.07, 6.45) is 2.33. The Hall–Kier alpha value is -1.18. The van der Waals surface area contributed by atoms with E-state index in [4.69, 9.17) is 9.47 Å². The Balaban J connectivity index is 2.06. The molecule has 0 spiro atoms. The molecule has 0 aromatic heterocycles. The normalized spacial score (nSPS) is 18.6. The predicted molar refractivity (Wildman–Crippen MR) is 72.0 cm³/mol. The second kappa shape index (κ2) is 6.67. The minimum Gasteiger partial charge on any atom is -0.489 e. The predicted octanol–water partition coefficient (Wildman–Crippen LogP) is 3.23. The standard InChI is InChI=1S/C14H17NO2S/c1-2-18-14-7-3-6-13(12(14)9-15)17-10-11-5-4-8-16-11/h3,6-7,11H,2,4-5,8,10H2,1H3. The molecule has 1 aliphatic rings. The van der Waals surface area contributed by atoms with Crippen molar-refractivity contribution in [2.75, 3.05) is 19.0 Å². The second-order valence-electron chi connectivity index (χ2n) is 4.12. The van der Waals surface area contributed by atoms with Crippen LogP contribution in [0.4, 0.5) is 0 Å². The number of ether oxygens (including phenoxy) is 2.